The zero-order valence-electron chi connectivity index (χ0n) is 9.39. The highest BCUT2D eigenvalue weighted by Gasteiger charge is 2.30. The van der Waals surface area contributed by atoms with Gasteiger partial charge in [0.25, 0.3) is 0 Å². The summed E-state index contributed by atoms with van der Waals surface area (Å²) in [7, 11) is 0. The molecule has 0 aromatic carbocycles. The van der Waals surface area contributed by atoms with E-state index >= 15 is 0 Å². The maximum absolute atomic E-state index is 11.4. The van der Waals surface area contributed by atoms with Crippen molar-refractivity contribution in [2.24, 2.45) is 0 Å². The third-order valence-electron chi connectivity index (χ3n) is 3.11. The van der Waals surface area contributed by atoms with Gasteiger partial charge < -0.3 is 5.11 Å². The molecule has 1 N–H and O–H groups in total. The topological polar surface area (TPSA) is 53.4 Å². The van der Waals surface area contributed by atoms with Gasteiger partial charge in [0.2, 0.25) is 0 Å². The molecule has 0 amide bonds. The SMILES string of the molecule is Cc1ccncc1C(C(=O)O)N1CCCC1. The molecule has 4 heteroatoms. The third kappa shape index (κ3) is 2.07. The van der Waals surface area contributed by atoms with E-state index in [1.165, 1.54) is 0 Å². The fourth-order valence-corrected chi connectivity index (χ4v) is 2.25. The lowest BCUT2D eigenvalue weighted by Gasteiger charge is -2.24. The molecule has 2 heterocycles. The van der Waals surface area contributed by atoms with E-state index < -0.39 is 12.0 Å². The van der Waals surface area contributed by atoms with E-state index in [-0.39, 0.29) is 0 Å². The molecule has 16 heavy (non-hydrogen) atoms. The summed E-state index contributed by atoms with van der Waals surface area (Å²) in [5.74, 6) is -0.780. The van der Waals surface area contributed by atoms with E-state index in [4.69, 9.17) is 0 Å². The second kappa shape index (κ2) is 4.61. The highest BCUT2D eigenvalue weighted by Crippen LogP contribution is 2.26. The highest BCUT2D eigenvalue weighted by atomic mass is 16.4. The number of aryl methyl sites for hydroxylation is 1. The van der Waals surface area contributed by atoms with Crippen LogP contribution >= 0.6 is 0 Å². The van der Waals surface area contributed by atoms with E-state index in [9.17, 15) is 9.90 Å². The van der Waals surface area contributed by atoms with Gasteiger partial charge in [-0.15, -0.1) is 0 Å². The number of carbonyl (C=O) groups is 1. The van der Waals surface area contributed by atoms with Crippen molar-refractivity contribution in [1.82, 2.24) is 9.88 Å². The molecule has 1 unspecified atom stereocenters. The lowest BCUT2D eigenvalue weighted by molar-refractivity contribution is -0.143. The Bertz CT molecular complexity index is 386. The smallest absolute Gasteiger partial charge is 0.325 e. The first-order valence-corrected chi connectivity index (χ1v) is 5.57. The van der Waals surface area contributed by atoms with Gasteiger partial charge in [0.1, 0.15) is 6.04 Å². The fraction of sp³-hybridized carbons (Fsp3) is 0.500. The minimum atomic E-state index is -0.780. The Kier molecular flexibility index (Phi) is 3.19. The van der Waals surface area contributed by atoms with Crippen molar-refractivity contribution in [2.45, 2.75) is 25.8 Å². The molecule has 4 nitrogen and oxygen atoms in total. The summed E-state index contributed by atoms with van der Waals surface area (Å²) >= 11 is 0. The molecule has 0 radical (unpaired) electrons. The number of rotatable bonds is 3. The monoisotopic (exact) mass is 220 g/mol. The van der Waals surface area contributed by atoms with Crippen LogP contribution in [-0.2, 0) is 4.79 Å². The molecule has 2 rings (SSSR count). The molecule has 1 atom stereocenters. The number of aliphatic carboxylic acids is 1. The average molecular weight is 220 g/mol. The molecule has 1 aliphatic heterocycles. The molecule has 1 aromatic heterocycles. The lowest BCUT2D eigenvalue weighted by Crippen LogP contribution is -2.32. The van der Waals surface area contributed by atoms with Crippen LogP contribution in [0.3, 0.4) is 0 Å². The zero-order chi connectivity index (χ0) is 11.5. The molecule has 0 saturated carbocycles. The van der Waals surface area contributed by atoms with E-state index in [0.717, 1.165) is 37.1 Å². The van der Waals surface area contributed by atoms with Gasteiger partial charge in [-0.05, 0) is 44.5 Å². The van der Waals surface area contributed by atoms with E-state index in [2.05, 4.69) is 4.98 Å². The van der Waals surface area contributed by atoms with Gasteiger partial charge in [-0.2, -0.15) is 0 Å². The molecular weight excluding hydrogens is 204 g/mol. The molecule has 1 saturated heterocycles. The number of aromatic nitrogens is 1. The summed E-state index contributed by atoms with van der Waals surface area (Å²) in [5.41, 5.74) is 1.81. The van der Waals surface area contributed by atoms with Crippen molar-refractivity contribution in [3.8, 4) is 0 Å². The van der Waals surface area contributed by atoms with Gasteiger partial charge >= 0.3 is 5.97 Å². The number of carboxylic acid groups (broad SMARTS) is 1. The molecule has 1 fully saturated rings. The fourth-order valence-electron chi connectivity index (χ4n) is 2.25. The zero-order valence-corrected chi connectivity index (χ0v) is 9.39. The molecule has 0 aliphatic carbocycles. The number of nitrogens with zero attached hydrogens (tertiary/aromatic N) is 2. The summed E-state index contributed by atoms with van der Waals surface area (Å²) in [6.45, 7) is 3.67. The van der Waals surface area contributed by atoms with Crippen LogP contribution in [-0.4, -0.2) is 34.0 Å². The molecule has 86 valence electrons. The number of pyridine rings is 1. The molecule has 1 aromatic rings. The maximum atomic E-state index is 11.4. The predicted octanol–water partition coefficient (Wildman–Crippen LogP) is 1.61. The Hall–Kier alpha value is -1.42. The maximum Gasteiger partial charge on any atom is 0.325 e. The van der Waals surface area contributed by atoms with Crippen molar-refractivity contribution in [3.63, 3.8) is 0 Å². The quantitative estimate of drug-likeness (QED) is 0.840. The number of carboxylic acids is 1. The first-order valence-electron chi connectivity index (χ1n) is 5.57. The van der Waals surface area contributed by atoms with Crippen LogP contribution < -0.4 is 0 Å². The largest absolute Gasteiger partial charge is 0.480 e. The number of likely N-dealkylation sites (tertiary alicyclic amines) is 1. The van der Waals surface area contributed by atoms with Gasteiger partial charge in [0.05, 0.1) is 0 Å². The first kappa shape index (κ1) is 11.1. The lowest BCUT2D eigenvalue weighted by atomic mass is 10.0. The van der Waals surface area contributed by atoms with Crippen LogP contribution in [0.5, 0.6) is 0 Å². The Balaban J connectivity index is 2.32. The van der Waals surface area contributed by atoms with E-state index in [0.29, 0.717) is 0 Å². The summed E-state index contributed by atoms with van der Waals surface area (Å²) < 4.78 is 0. The molecule has 1 aliphatic rings. The van der Waals surface area contributed by atoms with Gasteiger partial charge in [-0.3, -0.25) is 14.7 Å². The normalized spacial score (nSPS) is 18.6. The summed E-state index contributed by atoms with van der Waals surface area (Å²) in [6, 6.07) is 1.33. The number of hydrogen-bond donors (Lipinski definition) is 1. The second-order valence-electron chi connectivity index (χ2n) is 4.22. The first-order chi connectivity index (χ1) is 7.70. The number of hydrogen-bond acceptors (Lipinski definition) is 3. The van der Waals surface area contributed by atoms with Gasteiger partial charge in [0.15, 0.2) is 0 Å². The van der Waals surface area contributed by atoms with Crippen LogP contribution in [0.25, 0.3) is 0 Å². The molecule has 0 spiro atoms. The van der Waals surface area contributed by atoms with Crippen LogP contribution in [0.2, 0.25) is 0 Å². The predicted molar refractivity (Wildman–Crippen MR) is 60.2 cm³/mol. The Morgan fingerprint density at radius 2 is 2.19 bits per heavy atom. The third-order valence-corrected chi connectivity index (χ3v) is 3.11. The van der Waals surface area contributed by atoms with E-state index in [1.807, 2.05) is 17.9 Å². The van der Waals surface area contributed by atoms with Crippen LogP contribution in [0.1, 0.15) is 30.0 Å². The van der Waals surface area contributed by atoms with Crippen molar-refractivity contribution in [3.05, 3.63) is 29.6 Å². The molecule has 0 bridgehead atoms. The van der Waals surface area contributed by atoms with Gasteiger partial charge in [0, 0.05) is 18.0 Å². The Labute approximate surface area is 94.9 Å². The van der Waals surface area contributed by atoms with Gasteiger partial charge in [-0.25, -0.2) is 0 Å². The van der Waals surface area contributed by atoms with Crippen molar-refractivity contribution in [1.29, 1.82) is 0 Å². The second-order valence-corrected chi connectivity index (χ2v) is 4.22. The molecular formula is C12H16N2O2. The highest BCUT2D eigenvalue weighted by molar-refractivity contribution is 5.76. The Morgan fingerprint density at radius 3 is 2.75 bits per heavy atom. The van der Waals surface area contributed by atoms with Crippen LogP contribution in [0, 0.1) is 6.92 Å². The Morgan fingerprint density at radius 1 is 1.50 bits per heavy atom. The summed E-state index contributed by atoms with van der Waals surface area (Å²) in [4.78, 5) is 17.4. The summed E-state index contributed by atoms with van der Waals surface area (Å²) in [6.07, 6.45) is 5.54. The average Bonchev–Trinajstić information content (AvgIpc) is 2.74. The van der Waals surface area contributed by atoms with Gasteiger partial charge in [-0.1, -0.05) is 0 Å². The minimum absolute atomic E-state index is 0.531. The van der Waals surface area contributed by atoms with Crippen molar-refractivity contribution < 1.29 is 9.90 Å². The van der Waals surface area contributed by atoms with Crippen molar-refractivity contribution >= 4 is 5.97 Å². The minimum Gasteiger partial charge on any atom is -0.480 e. The standard InChI is InChI=1S/C12H16N2O2/c1-9-4-5-13-8-10(9)11(12(15)16)14-6-2-3-7-14/h4-5,8,11H,2-3,6-7H2,1H3,(H,15,16). The van der Waals surface area contributed by atoms with Crippen LogP contribution in [0.15, 0.2) is 18.5 Å². The van der Waals surface area contributed by atoms with Crippen LogP contribution in [0.4, 0.5) is 0 Å². The summed E-state index contributed by atoms with van der Waals surface area (Å²) in [5, 5.41) is 9.34. The van der Waals surface area contributed by atoms with Crippen molar-refractivity contribution in [2.75, 3.05) is 13.1 Å². The van der Waals surface area contributed by atoms with E-state index in [1.54, 1.807) is 12.4 Å².